The van der Waals surface area contributed by atoms with E-state index in [9.17, 15) is 4.79 Å². The van der Waals surface area contributed by atoms with Crippen molar-refractivity contribution in [3.05, 3.63) is 30.4 Å². The van der Waals surface area contributed by atoms with E-state index in [1.54, 1.807) is 12.3 Å². The molecule has 10 heteroatoms. The molecular weight excluding hydrogens is 348 g/mol. The Balaban J connectivity index is 1.58. The topological polar surface area (TPSA) is 153 Å². The summed E-state index contributed by atoms with van der Waals surface area (Å²) in [5.41, 5.74) is 7.50. The van der Waals surface area contributed by atoms with Gasteiger partial charge in [0, 0.05) is 25.7 Å². The van der Waals surface area contributed by atoms with Gasteiger partial charge < -0.3 is 26.4 Å². The number of aromatic nitrogens is 3. The van der Waals surface area contributed by atoms with E-state index in [0.717, 1.165) is 18.5 Å². The predicted molar refractivity (Wildman–Crippen MR) is 99.5 cm³/mol. The summed E-state index contributed by atoms with van der Waals surface area (Å²) in [5.74, 6) is 1.40. The molecule has 3 rings (SSSR count). The molecule has 10 nitrogen and oxygen atoms in total. The van der Waals surface area contributed by atoms with Crippen LogP contribution in [0.3, 0.4) is 0 Å². The molecule has 0 saturated carbocycles. The number of nitrogens with zero attached hydrogens (tertiary/aromatic N) is 5. The van der Waals surface area contributed by atoms with Crippen LogP contribution in [0.5, 0.6) is 0 Å². The number of nitrogen functional groups attached to an aromatic ring is 1. The van der Waals surface area contributed by atoms with Crippen molar-refractivity contribution in [1.29, 1.82) is 5.26 Å². The molecule has 140 valence electrons. The Bertz CT molecular complexity index is 841. The van der Waals surface area contributed by atoms with Gasteiger partial charge in [-0.2, -0.15) is 5.26 Å². The Kier molecular flexibility index (Phi) is 5.51. The maximum absolute atomic E-state index is 11.0. The number of nitriles is 1. The molecule has 2 aromatic heterocycles. The molecule has 0 aliphatic carbocycles. The predicted octanol–water partition coefficient (Wildman–Crippen LogP) is 1.87. The van der Waals surface area contributed by atoms with E-state index in [0.29, 0.717) is 42.9 Å². The molecule has 0 radical (unpaired) electrons. The standard InChI is InChI=1S/C17H20N8O2/c18-6-12-8-22-16(10-20-12)24-15-5-14(13(19)9-23-15)21-7-11-1-3-25(4-2-11)17(26)27/h5,8-11H,1-4,7,19H2,(H,26,27)(H2,21,22,23,24). The Labute approximate surface area is 156 Å². The normalized spacial score (nSPS) is 14.4. The molecule has 1 amide bonds. The number of hydrogen-bond donors (Lipinski definition) is 4. The van der Waals surface area contributed by atoms with Crippen LogP contribution < -0.4 is 16.4 Å². The fraction of sp³-hybridized carbons (Fsp3) is 0.353. The Morgan fingerprint density at radius 2 is 2.00 bits per heavy atom. The van der Waals surface area contributed by atoms with Crippen LogP contribution in [0.25, 0.3) is 0 Å². The molecule has 27 heavy (non-hydrogen) atoms. The van der Waals surface area contributed by atoms with Gasteiger partial charge in [-0.1, -0.05) is 0 Å². The molecular formula is C17H20N8O2. The van der Waals surface area contributed by atoms with E-state index >= 15 is 0 Å². The van der Waals surface area contributed by atoms with Crippen molar-refractivity contribution in [2.24, 2.45) is 5.92 Å². The maximum Gasteiger partial charge on any atom is 0.407 e. The van der Waals surface area contributed by atoms with E-state index in [1.807, 2.05) is 6.07 Å². The summed E-state index contributed by atoms with van der Waals surface area (Å²) >= 11 is 0. The van der Waals surface area contributed by atoms with Gasteiger partial charge in [0.1, 0.15) is 17.7 Å². The second-order valence-corrected chi connectivity index (χ2v) is 6.27. The lowest BCUT2D eigenvalue weighted by atomic mass is 9.97. The first-order valence-electron chi connectivity index (χ1n) is 8.51. The fourth-order valence-electron chi connectivity index (χ4n) is 2.85. The molecule has 0 aromatic carbocycles. The Morgan fingerprint density at radius 1 is 1.26 bits per heavy atom. The number of rotatable bonds is 5. The van der Waals surface area contributed by atoms with E-state index in [1.165, 1.54) is 17.3 Å². The quantitative estimate of drug-likeness (QED) is 0.619. The number of amides is 1. The lowest BCUT2D eigenvalue weighted by Gasteiger charge is -2.30. The maximum atomic E-state index is 11.0. The van der Waals surface area contributed by atoms with Crippen LogP contribution in [0.2, 0.25) is 0 Å². The number of likely N-dealkylation sites (tertiary alicyclic amines) is 1. The number of nitrogens with one attached hydrogen (secondary N) is 2. The second kappa shape index (κ2) is 8.18. The van der Waals surface area contributed by atoms with Gasteiger partial charge in [0.05, 0.1) is 30.0 Å². The number of nitrogens with two attached hydrogens (primary N) is 1. The molecule has 3 heterocycles. The van der Waals surface area contributed by atoms with Gasteiger partial charge in [-0.05, 0) is 18.8 Å². The minimum atomic E-state index is -0.860. The summed E-state index contributed by atoms with van der Waals surface area (Å²) in [6.07, 6.45) is 5.16. The van der Waals surface area contributed by atoms with Gasteiger partial charge >= 0.3 is 6.09 Å². The van der Waals surface area contributed by atoms with Crippen molar-refractivity contribution in [1.82, 2.24) is 19.9 Å². The van der Waals surface area contributed by atoms with Crippen LogP contribution in [0, 0.1) is 17.2 Å². The first-order chi connectivity index (χ1) is 13.0. The van der Waals surface area contributed by atoms with Crippen molar-refractivity contribution in [3.8, 4) is 6.07 Å². The first-order valence-corrected chi connectivity index (χ1v) is 8.51. The van der Waals surface area contributed by atoms with Gasteiger partial charge in [0.25, 0.3) is 0 Å². The number of carbonyl (C=O) groups is 1. The summed E-state index contributed by atoms with van der Waals surface area (Å²) in [6, 6.07) is 3.69. The van der Waals surface area contributed by atoms with Crippen LogP contribution in [0.4, 0.5) is 27.8 Å². The molecule has 2 aromatic rings. The highest BCUT2D eigenvalue weighted by Crippen LogP contribution is 2.24. The summed E-state index contributed by atoms with van der Waals surface area (Å²) in [4.78, 5) is 24.7. The van der Waals surface area contributed by atoms with Crippen LogP contribution >= 0.6 is 0 Å². The van der Waals surface area contributed by atoms with Crippen molar-refractivity contribution in [2.45, 2.75) is 12.8 Å². The molecule has 1 saturated heterocycles. The van der Waals surface area contributed by atoms with Gasteiger partial charge in [0.2, 0.25) is 0 Å². The zero-order valence-electron chi connectivity index (χ0n) is 14.6. The smallest absolute Gasteiger partial charge is 0.407 e. The van der Waals surface area contributed by atoms with Crippen molar-refractivity contribution in [3.63, 3.8) is 0 Å². The summed E-state index contributed by atoms with van der Waals surface area (Å²) in [7, 11) is 0. The van der Waals surface area contributed by atoms with Gasteiger partial charge in [-0.15, -0.1) is 0 Å². The first kappa shape index (κ1) is 18.2. The highest BCUT2D eigenvalue weighted by Gasteiger charge is 2.22. The number of carboxylic acid groups (broad SMARTS) is 1. The minimum Gasteiger partial charge on any atom is -0.465 e. The third kappa shape index (κ3) is 4.72. The summed E-state index contributed by atoms with van der Waals surface area (Å²) in [5, 5.41) is 24.1. The molecule has 0 atom stereocenters. The zero-order chi connectivity index (χ0) is 19.2. The highest BCUT2D eigenvalue weighted by atomic mass is 16.4. The third-order valence-electron chi connectivity index (χ3n) is 4.42. The van der Waals surface area contributed by atoms with Crippen LogP contribution in [0.15, 0.2) is 24.7 Å². The monoisotopic (exact) mass is 368 g/mol. The highest BCUT2D eigenvalue weighted by molar-refractivity contribution is 5.70. The lowest BCUT2D eigenvalue weighted by molar-refractivity contribution is 0.126. The van der Waals surface area contributed by atoms with Gasteiger partial charge in [0.15, 0.2) is 5.69 Å². The van der Waals surface area contributed by atoms with Crippen molar-refractivity contribution >= 4 is 29.1 Å². The van der Waals surface area contributed by atoms with E-state index < -0.39 is 6.09 Å². The van der Waals surface area contributed by atoms with E-state index in [4.69, 9.17) is 16.1 Å². The Morgan fingerprint density at radius 3 is 2.63 bits per heavy atom. The van der Waals surface area contributed by atoms with Crippen LogP contribution in [0.1, 0.15) is 18.5 Å². The van der Waals surface area contributed by atoms with Crippen LogP contribution in [-0.4, -0.2) is 50.7 Å². The number of anilines is 4. The average molecular weight is 368 g/mol. The molecule has 1 aliphatic rings. The third-order valence-corrected chi connectivity index (χ3v) is 4.42. The van der Waals surface area contributed by atoms with E-state index in [-0.39, 0.29) is 5.69 Å². The van der Waals surface area contributed by atoms with E-state index in [2.05, 4.69) is 25.6 Å². The molecule has 1 fully saturated rings. The minimum absolute atomic E-state index is 0.238. The molecule has 0 bridgehead atoms. The lowest BCUT2D eigenvalue weighted by Crippen LogP contribution is -2.39. The average Bonchev–Trinajstić information content (AvgIpc) is 2.69. The number of pyridine rings is 1. The fourth-order valence-corrected chi connectivity index (χ4v) is 2.85. The van der Waals surface area contributed by atoms with Crippen molar-refractivity contribution in [2.75, 3.05) is 36.0 Å². The van der Waals surface area contributed by atoms with Gasteiger partial charge in [-0.3, -0.25) is 0 Å². The molecule has 5 N–H and O–H groups in total. The largest absolute Gasteiger partial charge is 0.465 e. The zero-order valence-corrected chi connectivity index (χ0v) is 14.6. The number of hydrogen-bond acceptors (Lipinski definition) is 8. The molecule has 0 spiro atoms. The summed E-state index contributed by atoms with van der Waals surface area (Å²) < 4.78 is 0. The number of piperidine rings is 1. The Hall–Kier alpha value is -3.61. The molecule has 0 unspecified atom stereocenters. The van der Waals surface area contributed by atoms with Crippen molar-refractivity contribution < 1.29 is 9.90 Å². The molecule has 1 aliphatic heterocycles. The van der Waals surface area contributed by atoms with Crippen LogP contribution in [-0.2, 0) is 0 Å². The van der Waals surface area contributed by atoms with Gasteiger partial charge in [-0.25, -0.2) is 19.7 Å². The second-order valence-electron chi connectivity index (χ2n) is 6.27. The summed E-state index contributed by atoms with van der Waals surface area (Å²) in [6.45, 7) is 1.81. The SMILES string of the molecule is N#Cc1cnc(Nc2cc(NCC3CCN(C(=O)O)CC3)c(N)cn2)cn1.